The number of sulfonamides is 1. The number of benzene rings is 2. The number of anilines is 2. The van der Waals surface area contributed by atoms with Crippen molar-refractivity contribution in [2.45, 2.75) is 26.2 Å². The molecule has 0 aliphatic heterocycles. The van der Waals surface area contributed by atoms with Gasteiger partial charge in [-0.05, 0) is 38.1 Å². The van der Waals surface area contributed by atoms with E-state index >= 15 is 0 Å². The van der Waals surface area contributed by atoms with E-state index in [1.54, 1.807) is 0 Å². The highest BCUT2D eigenvalue weighted by molar-refractivity contribution is 7.93. The van der Waals surface area contributed by atoms with E-state index in [1.165, 1.54) is 0 Å². The van der Waals surface area contributed by atoms with E-state index in [2.05, 4.69) is 10.2 Å². The second-order valence-corrected chi connectivity index (χ2v) is 12.4. The maximum absolute atomic E-state index is 14.2. The molecular formula is C25H17Cl3F8N6O4S. The molecule has 2 aromatic carbocycles. The number of nitrogens with two attached hydrogens (primary N) is 1. The van der Waals surface area contributed by atoms with Crippen LogP contribution in [0.2, 0.25) is 10.0 Å². The van der Waals surface area contributed by atoms with Gasteiger partial charge in [-0.15, -0.1) is 11.6 Å². The van der Waals surface area contributed by atoms with Crippen LogP contribution >= 0.6 is 34.8 Å². The Hall–Kier alpha value is -3.94. The topological polar surface area (TPSA) is 142 Å². The van der Waals surface area contributed by atoms with E-state index in [0.29, 0.717) is 27.8 Å². The zero-order valence-corrected chi connectivity index (χ0v) is 26.3. The standard InChI is InChI=1S/C13H9Cl2F4N3O3S.C12H8ClF4N3O/c1-6-7(13(17,18)19)4-20-22(12(6)23)11-3-10(8(15)2-9(11)16)21-26(24,25)5-14;1-5-6(12(15,16)17)4-19-20(11(5)21)10-3-9(18)7(13)2-8(10)14/h2-4,21H,5H2,1H3;2-4H,18H2,1H3. The molecule has 0 atom stereocenters. The third-order valence-electron chi connectivity index (χ3n) is 6.02. The average Bonchev–Trinajstić information content (AvgIpc) is 2.94. The Morgan fingerprint density at radius 1 is 0.787 bits per heavy atom. The quantitative estimate of drug-likeness (QED) is 0.140. The first-order chi connectivity index (χ1) is 21.5. The van der Waals surface area contributed by atoms with Crippen LogP contribution in [0.4, 0.5) is 46.5 Å². The van der Waals surface area contributed by atoms with Crippen LogP contribution in [0.1, 0.15) is 22.3 Å². The van der Waals surface area contributed by atoms with Crippen LogP contribution in [0.15, 0.2) is 46.2 Å². The van der Waals surface area contributed by atoms with Gasteiger partial charge in [0.2, 0.25) is 10.0 Å². The first-order valence-electron chi connectivity index (χ1n) is 12.1. The Kier molecular flexibility index (Phi) is 10.9. The third kappa shape index (κ3) is 8.32. The first-order valence-corrected chi connectivity index (χ1v) is 15.1. The molecule has 254 valence electrons. The molecule has 0 saturated carbocycles. The van der Waals surface area contributed by atoms with E-state index in [1.807, 2.05) is 4.72 Å². The summed E-state index contributed by atoms with van der Waals surface area (Å²) >= 11 is 16.6. The molecule has 0 aliphatic carbocycles. The molecule has 22 heteroatoms. The van der Waals surface area contributed by atoms with Crippen LogP contribution in [-0.2, 0) is 22.4 Å². The summed E-state index contributed by atoms with van der Waals surface area (Å²) in [5, 5.41) is 5.42. The van der Waals surface area contributed by atoms with Gasteiger partial charge < -0.3 is 5.73 Å². The molecule has 2 aromatic heterocycles. The van der Waals surface area contributed by atoms with Gasteiger partial charge in [0.15, 0.2) is 11.6 Å². The van der Waals surface area contributed by atoms with Crippen molar-refractivity contribution in [1.29, 1.82) is 0 Å². The number of nitrogens with zero attached hydrogens (tertiary/aromatic N) is 4. The van der Waals surface area contributed by atoms with Crippen LogP contribution in [-0.4, -0.2) is 33.2 Å². The number of hydrogen-bond donors (Lipinski definition) is 2. The smallest absolute Gasteiger partial charge is 0.397 e. The van der Waals surface area contributed by atoms with Crippen molar-refractivity contribution in [3.63, 3.8) is 0 Å². The minimum absolute atomic E-state index is 0.0284. The van der Waals surface area contributed by atoms with Crippen molar-refractivity contribution in [2.75, 3.05) is 15.7 Å². The molecule has 2 heterocycles. The number of aromatic nitrogens is 4. The lowest BCUT2D eigenvalue weighted by Crippen LogP contribution is -2.28. The van der Waals surface area contributed by atoms with Gasteiger partial charge in [-0.1, -0.05) is 23.2 Å². The predicted molar refractivity (Wildman–Crippen MR) is 157 cm³/mol. The normalized spacial score (nSPS) is 12.0. The van der Waals surface area contributed by atoms with Gasteiger partial charge in [0.05, 0.1) is 44.9 Å². The van der Waals surface area contributed by atoms with Gasteiger partial charge in [0, 0.05) is 11.1 Å². The maximum atomic E-state index is 14.2. The lowest BCUT2D eigenvalue weighted by atomic mass is 10.2. The van der Waals surface area contributed by atoms with E-state index in [0.717, 1.165) is 32.0 Å². The maximum Gasteiger partial charge on any atom is 0.418 e. The van der Waals surface area contributed by atoms with Crippen LogP contribution < -0.4 is 21.6 Å². The summed E-state index contributed by atoms with van der Waals surface area (Å²) in [6.07, 6.45) is -8.70. The largest absolute Gasteiger partial charge is 0.418 e. The zero-order valence-electron chi connectivity index (χ0n) is 23.2. The van der Waals surface area contributed by atoms with Gasteiger partial charge in [-0.2, -0.15) is 45.9 Å². The lowest BCUT2D eigenvalue weighted by Gasteiger charge is -2.14. The van der Waals surface area contributed by atoms with Crippen molar-refractivity contribution in [3.8, 4) is 11.4 Å². The van der Waals surface area contributed by atoms with E-state index in [-0.39, 0.29) is 27.1 Å². The third-order valence-corrected chi connectivity index (χ3v) is 8.34. The van der Waals surface area contributed by atoms with Crippen LogP contribution in [0.3, 0.4) is 0 Å². The Morgan fingerprint density at radius 3 is 1.60 bits per heavy atom. The number of rotatable bonds is 5. The minimum Gasteiger partial charge on any atom is -0.397 e. The molecule has 0 amide bonds. The van der Waals surface area contributed by atoms with Gasteiger partial charge in [-0.25, -0.2) is 17.2 Å². The summed E-state index contributed by atoms with van der Waals surface area (Å²) in [4.78, 5) is 24.1. The fourth-order valence-electron chi connectivity index (χ4n) is 3.68. The highest BCUT2D eigenvalue weighted by Crippen LogP contribution is 2.32. The lowest BCUT2D eigenvalue weighted by molar-refractivity contribution is -0.139. The van der Waals surface area contributed by atoms with Crippen LogP contribution in [0.25, 0.3) is 11.4 Å². The molecule has 0 saturated heterocycles. The molecular weight excluding hydrogens is 739 g/mol. The summed E-state index contributed by atoms with van der Waals surface area (Å²) in [6.45, 7) is 1.90. The molecule has 0 aliphatic rings. The predicted octanol–water partition coefficient (Wildman–Crippen LogP) is 6.22. The Bertz CT molecular complexity index is 2090. The highest BCUT2D eigenvalue weighted by atomic mass is 35.5. The molecule has 0 bridgehead atoms. The molecule has 0 radical (unpaired) electrons. The Labute approximate surface area is 273 Å². The number of nitrogens with one attached hydrogen (secondary N) is 1. The molecule has 4 rings (SSSR count). The van der Waals surface area contributed by atoms with Crippen molar-refractivity contribution in [2.24, 2.45) is 0 Å². The second kappa shape index (κ2) is 13.7. The fraction of sp³-hybridized carbons (Fsp3) is 0.200. The van der Waals surface area contributed by atoms with Crippen molar-refractivity contribution >= 4 is 56.2 Å². The number of halogens is 11. The molecule has 10 nitrogen and oxygen atoms in total. The highest BCUT2D eigenvalue weighted by Gasteiger charge is 2.35. The summed E-state index contributed by atoms with van der Waals surface area (Å²) in [7, 11) is -4.00. The molecule has 47 heavy (non-hydrogen) atoms. The summed E-state index contributed by atoms with van der Waals surface area (Å²) < 4.78 is 130. The van der Waals surface area contributed by atoms with Gasteiger partial charge in [0.1, 0.15) is 16.6 Å². The van der Waals surface area contributed by atoms with Gasteiger partial charge in [-0.3, -0.25) is 14.3 Å². The second-order valence-electron chi connectivity index (χ2n) is 9.23. The van der Waals surface area contributed by atoms with Crippen molar-refractivity contribution in [1.82, 2.24) is 19.6 Å². The Balaban J connectivity index is 0.000000261. The SMILES string of the molecule is Cc1c(C(F)(F)F)cnn(-c2cc(N)c(Cl)cc2F)c1=O.Cc1c(C(F)(F)F)cnn(-c2cc(NS(=O)(=O)CCl)c(Cl)cc2F)c1=O. The summed E-state index contributed by atoms with van der Waals surface area (Å²) in [5.41, 5.74) is -1.89. The van der Waals surface area contributed by atoms with Crippen molar-refractivity contribution < 1.29 is 43.5 Å². The number of nitrogen functional groups attached to an aromatic ring is 1. The summed E-state index contributed by atoms with van der Waals surface area (Å²) in [6, 6.07) is 3.39. The first kappa shape index (κ1) is 37.5. The van der Waals surface area contributed by atoms with Crippen LogP contribution in [0.5, 0.6) is 0 Å². The number of alkyl halides is 7. The molecule has 3 N–H and O–H groups in total. The van der Waals surface area contributed by atoms with Crippen LogP contribution in [0, 0.1) is 25.5 Å². The fourth-order valence-corrected chi connectivity index (χ4v) is 4.81. The Morgan fingerprint density at radius 2 is 1.19 bits per heavy atom. The van der Waals surface area contributed by atoms with E-state index < -0.39 is 78.3 Å². The zero-order chi connectivity index (χ0) is 35.8. The van der Waals surface area contributed by atoms with Crippen molar-refractivity contribution in [3.05, 3.63) is 101 Å². The van der Waals surface area contributed by atoms with Gasteiger partial charge in [0.25, 0.3) is 11.1 Å². The monoisotopic (exact) mass is 754 g/mol. The molecule has 0 unspecified atom stereocenters. The van der Waals surface area contributed by atoms with Gasteiger partial charge >= 0.3 is 12.4 Å². The minimum atomic E-state index is -4.81. The van der Waals surface area contributed by atoms with E-state index in [9.17, 15) is 53.1 Å². The molecule has 0 spiro atoms. The number of hydrogen-bond acceptors (Lipinski definition) is 7. The summed E-state index contributed by atoms with van der Waals surface area (Å²) in [5.74, 6) is -2.03. The molecule has 0 fully saturated rings. The average molecular weight is 756 g/mol. The van der Waals surface area contributed by atoms with E-state index in [4.69, 9.17) is 40.5 Å². The molecule has 4 aromatic rings.